The van der Waals surface area contributed by atoms with E-state index < -0.39 is 0 Å². The predicted molar refractivity (Wildman–Crippen MR) is 77.0 cm³/mol. The normalized spacial score (nSPS) is 11.8. The molecule has 2 heterocycles. The van der Waals surface area contributed by atoms with Gasteiger partial charge < -0.3 is 10.6 Å². The number of pyridine rings is 1. The molecule has 4 nitrogen and oxygen atoms in total. The van der Waals surface area contributed by atoms with E-state index in [9.17, 15) is 4.79 Å². The average Bonchev–Trinajstić information content (AvgIpc) is 2.97. The maximum absolute atomic E-state index is 11.8. The molecule has 0 aliphatic carbocycles. The van der Waals surface area contributed by atoms with Crippen molar-refractivity contribution in [3.05, 3.63) is 52.5 Å². The van der Waals surface area contributed by atoms with Crippen LogP contribution in [0.5, 0.6) is 0 Å². The van der Waals surface area contributed by atoms with E-state index in [1.54, 1.807) is 23.7 Å². The summed E-state index contributed by atoms with van der Waals surface area (Å²) in [7, 11) is 0. The van der Waals surface area contributed by atoms with Crippen LogP contribution in [-0.2, 0) is 6.54 Å². The number of aromatic nitrogens is 1. The van der Waals surface area contributed by atoms with Crippen molar-refractivity contribution in [1.29, 1.82) is 0 Å². The van der Waals surface area contributed by atoms with E-state index in [-0.39, 0.29) is 12.1 Å². The zero-order valence-corrected chi connectivity index (χ0v) is 11.6. The summed E-state index contributed by atoms with van der Waals surface area (Å²) >= 11 is 1.66. The van der Waals surface area contributed by atoms with Crippen LogP contribution in [0.2, 0.25) is 0 Å². The van der Waals surface area contributed by atoms with Gasteiger partial charge in [0.15, 0.2) is 0 Å². The zero-order chi connectivity index (χ0) is 13.5. The molecule has 2 aromatic rings. The van der Waals surface area contributed by atoms with E-state index in [1.807, 2.05) is 29.6 Å². The standard InChI is InChI=1S/C14H17N3OS/c1-2-12(13-6-4-8-19-13)17-14(18)16-10-11-5-3-7-15-9-11/h3-9,12H,2,10H2,1H3,(H2,16,17,18). The molecule has 0 aliphatic rings. The Kier molecular flexibility index (Phi) is 4.92. The second-order valence-corrected chi connectivity index (χ2v) is 5.14. The molecule has 0 bridgehead atoms. The number of carbonyl (C=O) groups is 1. The molecule has 0 saturated heterocycles. The number of nitrogens with one attached hydrogen (secondary N) is 2. The first kappa shape index (κ1) is 13.5. The minimum absolute atomic E-state index is 0.0777. The van der Waals surface area contributed by atoms with Crippen molar-refractivity contribution in [3.8, 4) is 0 Å². The maximum Gasteiger partial charge on any atom is 0.315 e. The van der Waals surface area contributed by atoms with Gasteiger partial charge in [0.2, 0.25) is 0 Å². The highest BCUT2D eigenvalue weighted by atomic mass is 32.1. The van der Waals surface area contributed by atoms with Crippen molar-refractivity contribution in [1.82, 2.24) is 15.6 Å². The molecular weight excluding hydrogens is 258 g/mol. The molecule has 2 aromatic heterocycles. The third-order valence-corrected chi connectivity index (χ3v) is 3.76. The Morgan fingerprint density at radius 2 is 2.32 bits per heavy atom. The van der Waals surface area contributed by atoms with Crippen LogP contribution < -0.4 is 10.6 Å². The molecule has 1 unspecified atom stereocenters. The Labute approximate surface area is 116 Å². The first-order valence-corrected chi connectivity index (χ1v) is 7.14. The van der Waals surface area contributed by atoms with Crippen molar-refractivity contribution in [2.24, 2.45) is 0 Å². The fourth-order valence-corrected chi connectivity index (χ4v) is 2.62. The summed E-state index contributed by atoms with van der Waals surface area (Å²) in [5.41, 5.74) is 0.988. The molecule has 19 heavy (non-hydrogen) atoms. The van der Waals surface area contributed by atoms with Gasteiger partial charge in [-0.3, -0.25) is 4.98 Å². The highest BCUT2D eigenvalue weighted by Gasteiger charge is 2.12. The summed E-state index contributed by atoms with van der Waals surface area (Å²) in [4.78, 5) is 17.0. The third kappa shape index (κ3) is 4.06. The minimum Gasteiger partial charge on any atom is -0.334 e. The maximum atomic E-state index is 11.8. The fourth-order valence-electron chi connectivity index (χ4n) is 1.76. The molecule has 0 saturated carbocycles. The van der Waals surface area contributed by atoms with E-state index >= 15 is 0 Å². The zero-order valence-electron chi connectivity index (χ0n) is 10.8. The van der Waals surface area contributed by atoms with Gasteiger partial charge in [-0.05, 0) is 29.5 Å². The number of thiophene rings is 1. The lowest BCUT2D eigenvalue weighted by Gasteiger charge is -2.16. The molecular formula is C14H17N3OS. The van der Waals surface area contributed by atoms with E-state index in [4.69, 9.17) is 0 Å². The second kappa shape index (κ2) is 6.89. The summed E-state index contributed by atoms with van der Waals surface area (Å²) in [6.07, 6.45) is 4.34. The predicted octanol–water partition coefficient (Wildman–Crippen LogP) is 3.09. The van der Waals surface area contributed by atoms with Crippen molar-refractivity contribution in [2.75, 3.05) is 0 Å². The Morgan fingerprint density at radius 1 is 1.42 bits per heavy atom. The largest absolute Gasteiger partial charge is 0.334 e. The van der Waals surface area contributed by atoms with Gasteiger partial charge in [0.05, 0.1) is 6.04 Å². The molecule has 2 amide bonds. The van der Waals surface area contributed by atoms with Crippen LogP contribution in [0.4, 0.5) is 4.79 Å². The number of carbonyl (C=O) groups excluding carboxylic acids is 1. The van der Waals surface area contributed by atoms with Crippen LogP contribution in [0.15, 0.2) is 42.0 Å². The second-order valence-electron chi connectivity index (χ2n) is 4.16. The Hall–Kier alpha value is -1.88. The van der Waals surface area contributed by atoms with Gasteiger partial charge in [-0.15, -0.1) is 11.3 Å². The lowest BCUT2D eigenvalue weighted by Crippen LogP contribution is -2.37. The molecule has 2 N–H and O–H groups in total. The first-order chi connectivity index (χ1) is 9.29. The van der Waals surface area contributed by atoms with Crippen LogP contribution in [-0.4, -0.2) is 11.0 Å². The molecule has 0 radical (unpaired) electrons. The molecule has 1 atom stereocenters. The molecule has 5 heteroatoms. The quantitative estimate of drug-likeness (QED) is 0.881. The molecule has 0 aromatic carbocycles. The van der Waals surface area contributed by atoms with Crippen molar-refractivity contribution in [2.45, 2.75) is 25.9 Å². The fraction of sp³-hybridized carbons (Fsp3) is 0.286. The van der Waals surface area contributed by atoms with Crippen LogP contribution in [0.3, 0.4) is 0 Å². The number of hydrogen-bond donors (Lipinski definition) is 2. The lowest BCUT2D eigenvalue weighted by atomic mass is 10.2. The molecule has 0 fully saturated rings. The minimum atomic E-state index is -0.149. The van der Waals surface area contributed by atoms with Crippen LogP contribution >= 0.6 is 11.3 Å². The van der Waals surface area contributed by atoms with E-state index in [2.05, 4.69) is 22.5 Å². The van der Waals surface area contributed by atoms with Gasteiger partial charge in [0.25, 0.3) is 0 Å². The third-order valence-electron chi connectivity index (χ3n) is 2.78. The lowest BCUT2D eigenvalue weighted by molar-refractivity contribution is 0.236. The highest BCUT2D eigenvalue weighted by molar-refractivity contribution is 7.10. The molecule has 0 aliphatic heterocycles. The Morgan fingerprint density at radius 3 is 2.95 bits per heavy atom. The van der Waals surface area contributed by atoms with Gasteiger partial charge in [-0.25, -0.2) is 4.79 Å². The first-order valence-electron chi connectivity index (χ1n) is 6.26. The Bertz CT molecular complexity index is 499. The monoisotopic (exact) mass is 275 g/mol. The summed E-state index contributed by atoms with van der Waals surface area (Å²) < 4.78 is 0. The van der Waals surface area contributed by atoms with Gasteiger partial charge >= 0.3 is 6.03 Å². The summed E-state index contributed by atoms with van der Waals surface area (Å²) in [6.45, 7) is 2.55. The molecule has 2 rings (SSSR count). The summed E-state index contributed by atoms with van der Waals surface area (Å²) in [6, 6.07) is 7.76. The topological polar surface area (TPSA) is 54.0 Å². The van der Waals surface area contributed by atoms with Crippen molar-refractivity contribution < 1.29 is 4.79 Å². The smallest absolute Gasteiger partial charge is 0.315 e. The number of amides is 2. The summed E-state index contributed by atoms with van der Waals surface area (Å²) in [5.74, 6) is 0. The van der Waals surface area contributed by atoms with Crippen molar-refractivity contribution >= 4 is 17.4 Å². The number of rotatable bonds is 5. The van der Waals surface area contributed by atoms with Crippen LogP contribution in [0.1, 0.15) is 29.8 Å². The molecule has 0 spiro atoms. The van der Waals surface area contributed by atoms with Gasteiger partial charge in [-0.1, -0.05) is 19.1 Å². The number of hydrogen-bond acceptors (Lipinski definition) is 3. The SMILES string of the molecule is CCC(NC(=O)NCc1cccnc1)c1cccs1. The average molecular weight is 275 g/mol. The number of urea groups is 1. The van der Waals surface area contributed by atoms with Crippen LogP contribution in [0, 0.1) is 0 Å². The highest BCUT2D eigenvalue weighted by Crippen LogP contribution is 2.21. The summed E-state index contributed by atoms with van der Waals surface area (Å²) in [5, 5.41) is 7.84. The van der Waals surface area contributed by atoms with Gasteiger partial charge in [0.1, 0.15) is 0 Å². The van der Waals surface area contributed by atoms with E-state index in [0.717, 1.165) is 12.0 Å². The van der Waals surface area contributed by atoms with Crippen molar-refractivity contribution in [3.63, 3.8) is 0 Å². The van der Waals surface area contributed by atoms with E-state index in [0.29, 0.717) is 6.54 Å². The number of nitrogens with zero attached hydrogens (tertiary/aromatic N) is 1. The van der Waals surface area contributed by atoms with Gasteiger partial charge in [-0.2, -0.15) is 0 Å². The van der Waals surface area contributed by atoms with Gasteiger partial charge in [0, 0.05) is 23.8 Å². The van der Waals surface area contributed by atoms with Crippen LogP contribution in [0.25, 0.3) is 0 Å². The Balaban J connectivity index is 1.84. The molecule has 100 valence electrons. The van der Waals surface area contributed by atoms with E-state index in [1.165, 1.54) is 4.88 Å².